The normalized spacial score (nSPS) is 28.5. The molecule has 0 radical (unpaired) electrons. The van der Waals surface area contributed by atoms with Gasteiger partial charge in [-0.15, -0.1) is 0 Å². The molecule has 102 valence electrons. The first-order valence-electron chi connectivity index (χ1n) is 6.79. The molecule has 0 atom stereocenters. The summed E-state index contributed by atoms with van der Waals surface area (Å²) in [7, 11) is 1.66. The maximum absolute atomic E-state index is 6.41. The van der Waals surface area contributed by atoms with Crippen LogP contribution in [0, 0.1) is 5.92 Å². The molecular formula is C13H23N3O2. The van der Waals surface area contributed by atoms with Crippen molar-refractivity contribution in [3.63, 3.8) is 0 Å². The molecule has 0 spiro atoms. The van der Waals surface area contributed by atoms with Gasteiger partial charge in [-0.25, -0.2) is 0 Å². The molecular weight excluding hydrogens is 230 g/mol. The first kappa shape index (κ1) is 13.5. The van der Waals surface area contributed by atoms with E-state index in [0.29, 0.717) is 24.7 Å². The van der Waals surface area contributed by atoms with Gasteiger partial charge in [0.1, 0.15) is 0 Å². The molecule has 0 aliphatic heterocycles. The van der Waals surface area contributed by atoms with E-state index >= 15 is 0 Å². The van der Waals surface area contributed by atoms with E-state index in [2.05, 4.69) is 17.1 Å². The van der Waals surface area contributed by atoms with Gasteiger partial charge in [-0.2, -0.15) is 4.98 Å². The van der Waals surface area contributed by atoms with Gasteiger partial charge in [-0.05, 0) is 31.6 Å². The van der Waals surface area contributed by atoms with Crippen LogP contribution in [0.25, 0.3) is 0 Å². The molecule has 1 heterocycles. The van der Waals surface area contributed by atoms with Crippen molar-refractivity contribution in [2.75, 3.05) is 13.7 Å². The molecule has 1 aliphatic rings. The summed E-state index contributed by atoms with van der Waals surface area (Å²) in [6.45, 7) is 2.85. The van der Waals surface area contributed by atoms with E-state index in [-0.39, 0.29) is 0 Å². The Labute approximate surface area is 108 Å². The molecule has 5 heteroatoms. The lowest BCUT2D eigenvalue weighted by atomic mass is 9.76. The maximum Gasteiger partial charge on any atom is 0.246 e. The lowest BCUT2D eigenvalue weighted by Crippen LogP contribution is -2.40. The first-order valence-corrected chi connectivity index (χ1v) is 6.79. The summed E-state index contributed by atoms with van der Waals surface area (Å²) in [6, 6.07) is 0. The zero-order valence-electron chi connectivity index (χ0n) is 11.3. The number of methoxy groups -OCH3 is 1. The molecule has 5 nitrogen and oxygen atoms in total. The van der Waals surface area contributed by atoms with E-state index in [1.165, 1.54) is 6.42 Å². The quantitative estimate of drug-likeness (QED) is 0.869. The van der Waals surface area contributed by atoms with E-state index < -0.39 is 5.54 Å². The molecule has 0 bridgehead atoms. The van der Waals surface area contributed by atoms with Crippen LogP contribution in [-0.2, 0) is 16.7 Å². The van der Waals surface area contributed by atoms with Gasteiger partial charge in [0, 0.05) is 13.5 Å². The molecule has 1 saturated carbocycles. The summed E-state index contributed by atoms with van der Waals surface area (Å²) < 4.78 is 10.3. The van der Waals surface area contributed by atoms with Crippen LogP contribution in [0.4, 0.5) is 0 Å². The van der Waals surface area contributed by atoms with Gasteiger partial charge in [-0.1, -0.05) is 18.5 Å². The Morgan fingerprint density at radius 1 is 1.44 bits per heavy atom. The Morgan fingerprint density at radius 2 is 2.17 bits per heavy atom. The van der Waals surface area contributed by atoms with Crippen LogP contribution >= 0.6 is 0 Å². The standard InChI is InChI=1S/C13H23N3O2/c1-3-10-4-7-13(14,8-5-10)12-15-11(16-18-12)6-9-17-2/h10H,3-9,14H2,1-2H3. The second kappa shape index (κ2) is 5.80. The molecule has 0 aromatic carbocycles. The van der Waals surface area contributed by atoms with Crippen molar-refractivity contribution in [3.05, 3.63) is 11.7 Å². The van der Waals surface area contributed by atoms with Crippen molar-refractivity contribution in [2.24, 2.45) is 11.7 Å². The minimum Gasteiger partial charge on any atom is -0.384 e. The number of hydrogen-bond donors (Lipinski definition) is 1. The molecule has 2 N–H and O–H groups in total. The minimum absolute atomic E-state index is 0.413. The van der Waals surface area contributed by atoms with Crippen LogP contribution in [0.1, 0.15) is 50.7 Å². The van der Waals surface area contributed by atoms with Crippen LogP contribution in [0.2, 0.25) is 0 Å². The smallest absolute Gasteiger partial charge is 0.246 e. The summed E-state index contributed by atoms with van der Waals surface area (Å²) >= 11 is 0. The Bertz CT molecular complexity index is 370. The van der Waals surface area contributed by atoms with Crippen LogP contribution < -0.4 is 5.73 Å². The molecule has 1 aromatic rings. The third kappa shape index (κ3) is 2.90. The Hall–Kier alpha value is -0.940. The highest BCUT2D eigenvalue weighted by atomic mass is 16.5. The molecule has 2 rings (SSSR count). The number of nitrogens with two attached hydrogens (primary N) is 1. The summed E-state index contributed by atoms with van der Waals surface area (Å²) in [6.07, 6.45) is 6.10. The third-order valence-electron chi connectivity index (χ3n) is 4.00. The van der Waals surface area contributed by atoms with Crippen molar-refractivity contribution in [1.82, 2.24) is 10.1 Å². The number of rotatable bonds is 5. The zero-order chi connectivity index (χ0) is 13.0. The summed E-state index contributed by atoms with van der Waals surface area (Å²) in [5.74, 6) is 2.09. The van der Waals surface area contributed by atoms with Crippen molar-refractivity contribution in [3.8, 4) is 0 Å². The largest absolute Gasteiger partial charge is 0.384 e. The Morgan fingerprint density at radius 3 is 2.78 bits per heavy atom. The Balaban J connectivity index is 1.99. The molecule has 1 aromatic heterocycles. The van der Waals surface area contributed by atoms with Gasteiger partial charge < -0.3 is 15.0 Å². The van der Waals surface area contributed by atoms with Gasteiger partial charge in [0.25, 0.3) is 0 Å². The highest BCUT2D eigenvalue weighted by Crippen LogP contribution is 2.37. The van der Waals surface area contributed by atoms with Crippen molar-refractivity contribution in [2.45, 2.75) is 51.0 Å². The fourth-order valence-corrected chi connectivity index (χ4v) is 2.57. The molecule has 1 aliphatic carbocycles. The van der Waals surface area contributed by atoms with E-state index in [0.717, 1.165) is 31.6 Å². The summed E-state index contributed by atoms with van der Waals surface area (Å²) in [4.78, 5) is 4.41. The fourth-order valence-electron chi connectivity index (χ4n) is 2.57. The highest BCUT2D eigenvalue weighted by molar-refractivity contribution is 5.04. The van der Waals surface area contributed by atoms with Gasteiger partial charge in [-0.3, -0.25) is 0 Å². The predicted molar refractivity (Wildman–Crippen MR) is 68.0 cm³/mol. The van der Waals surface area contributed by atoms with Crippen LogP contribution in [0.3, 0.4) is 0 Å². The van der Waals surface area contributed by atoms with E-state index in [1.807, 2.05) is 0 Å². The third-order valence-corrected chi connectivity index (χ3v) is 4.00. The monoisotopic (exact) mass is 253 g/mol. The van der Waals surface area contributed by atoms with E-state index in [1.54, 1.807) is 7.11 Å². The van der Waals surface area contributed by atoms with Gasteiger partial charge in [0.2, 0.25) is 5.89 Å². The predicted octanol–water partition coefficient (Wildman–Crippen LogP) is 2.01. The second-order valence-corrected chi connectivity index (χ2v) is 5.27. The fraction of sp³-hybridized carbons (Fsp3) is 0.846. The van der Waals surface area contributed by atoms with E-state index in [4.69, 9.17) is 15.0 Å². The zero-order valence-corrected chi connectivity index (χ0v) is 11.3. The molecule has 0 unspecified atom stereocenters. The number of hydrogen-bond acceptors (Lipinski definition) is 5. The minimum atomic E-state index is -0.413. The van der Waals surface area contributed by atoms with Crippen LogP contribution in [-0.4, -0.2) is 23.9 Å². The van der Waals surface area contributed by atoms with Crippen LogP contribution in [0.5, 0.6) is 0 Å². The second-order valence-electron chi connectivity index (χ2n) is 5.27. The maximum atomic E-state index is 6.41. The lowest BCUT2D eigenvalue weighted by Gasteiger charge is -2.33. The summed E-state index contributed by atoms with van der Waals surface area (Å²) in [5.41, 5.74) is 6.00. The molecule has 1 fully saturated rings. The SMILES string of the molecule is CCC1CCC(N)(c2nc(CCOC)no2)CC1. The van der Waals surface area contributed by atoms with Gasteiger partial charge in [0.15, 0.2) is 5.82 Å². The van der Waals surface area contributed by atoms with Crippen molar-refractivity contribution < 1.29 is 9.26 Å². The average Bonchev–Trinajstić information content (AvgIpc) is 2.87. The van der Waals surface area contributed by atoms with Crippen LogP contribution in [0.15, 0.2) is 4.52 Å². The number of ether oxygens (including phenoxy) is 1. The Kier molecular flexibility index (Phi) is 4.35. The van der Waals surface area contributed by atoms with Gasteiger partial charge >= 0.3 is 0 Å². The molecule has 0 saturated heterocycles. The average molecular weight is 253 g/mol. The van der Waals surface area contributed by atoms with Crippen molar-refractivity contribution in [1.29, 1.82) is 0 Å². The van der Waals surface area contributed by atoms with E-state index in [9.17, 15) is 0 Å². The van der Waals surface area contributed by atoms with Gasteiger partial charge in [0.05, 0.1) is 12.1 Å². The molecule has 0 amide bonds. The topological polar surface area (TPSA) is 74.2 Å². The van der Waals surface area contributed by atoms with Crippen molar-refractivity contribution >= 4 is 0 Å². The lowest BCUT2D eigenvalue weighted by molar-refractivity contribution is 0.181. The number of aromatic nitrogens is 2. The first-order chi connectivity index (χ1) is 8.68. The summed E-state index contributed by atoms with van der Waals surface area (Å²) in [5, 5.41) is 3.97. The number of nitrogens with zero attached hydrogens (tertiary/aromatic N) is 2. The highest BCUT2D eigenvalue weighted by Gasteiger charge is 2.37. The molecule has 18 heavy (non-hydrogen) atoms.